The average Bonchev–Trinajstić information content (AvgIpc) is 2.18. The molecule has 1 aliphatic rings. The average molecular weight is 186 g/mol. The molecule has 0 aromatic rings. The Labute approximate surface area is 78.3 Å². The van der Waals surface area contributed by atoms with E-state index >= 15 is 0 Å². The molecule has 0 unspecified atom stereocenters. The Balaban J connectivity index is 2.50. The Bertz CT molecular complexity index is 180. The highest BCUT2D eigenvalue weighted by atomic mass is 16.4. The van der Waals surface area contributed by atoms with Crippen molar-refractivity contribution in [3.05, 3.63) is 0 Å². The first-order valence-corrected chi connectivity index (χ1v) is 4.76. The van der Waals surface area contributed by atoms with E-state index in [-0.39, 0.29) is 11.3 Å². The van der Waals surface area contributed by atoms with Gasteiger partial charge in [0.25, 0.3) is 0 Å². The van der Waals surface area contributed by atoms with Crippen molar-refractivity contribution in [3.63, 3.8) is 0 Å². The fourth-order valence-corrected chi connectivity index (χ4v) is 1.97. The van der Waals surface area contributed by atoms with Crippen molar-refractivity contribution in [2.24, 2.45) is 22.8 Å². The van der Waals surface area contributed by atoms with Crippen LogP contribution in [0.15, 0.2) is 0 Å². The SMILES string of the molecule is NCC1(CN)CCC(C(=O)O)CC1. The van der Waals surface area contributed by atoms with Gasteiger partial charge in [0.1, 0.15) is 0 Å². The fourth-order valence-electron chi connectivity index (χ4n) is 1.97. The molecule has 0 aliphatic heterocycles. The second-order valence-corrected chi connectivity index (χ2v) is 4.02. The van der Waals surface area contributed by atoms with Crippen LogP contribution < -0.4 is 11.5 Å². The van der Waals surface area contributed by atoms with Crippen molar-refractivity contribution in [1.82, 2.24) is 0 Å². The predicted octanol–water partition coefficient (Wildman–Crippen LogP) is 0.165. The van der Waals surface area contributed by atoms with E-state index in [2.05, 4.69) is 0 Å². The summed E-state index contributed by atoms with van der Waals surface area (Å²) in [4.78, 5) is 10.7. The van der Waals surface area contributed by atoms with E-state index in [1.54, 1.807) is 0 Å². The topological polar surface area (TPSA) is 89.3 Å². The van der Waals surface area contributed by atoms with Crippen LogP contribution in [0, 0.1) is 11.3 Å². The van der Waals surface area contributed by atoms with Crippen LogP contribution in [-0.2, 0) is 4.79 Å². The first kappa shape index (κ1) is 10.5. The van der Waals surface area contributed by atoms with Crippen molar-refractivity contribution < 1.29 is 9.90 Å². The zero-order chi connectivity index (χ0) is 9.90. The number of carboxylic acid groups (broad SMARTS) is 1. The summed E-state index contributed by atoms with van der Waals surface area (Å²) in [5.41, 5.74) is 11.3. The van der Waals surface area contributed by atoms with Crippen LogP contribution in [0.4, 0.5) is 0 Å². The summed E-state index contributed by atoms with van der Waals surface area (Å²) >= 11 is 0. The van der Waals surface area contributed by atoms with Gasteiger partial charge in [-0.05, 0) is 44.2 Å². The van der Waals surface area contributed by atoms with Crippen molar-refractivity contribution >= 4 is 5.97 Å². The third-order valence-electron chi connectivity index (χ3n) is 3.26. The monoisotopic (exact) mass is 186 g/mol. The second kappa shape index (κ2) is 4.07. The Morgan fingerprint density at radius 3 is 2.08 bits per heavy atom. The van der Waals surface area contributed by atoms with E-state index in [1.165, 1.54) is 0 Å². The number of nitrogens with two attached hydrogens (primary N) is 2. The lowest BCUT2D eigenvalue weighted by Crippen LogP contribution is -2.42. The molecule has 0 saturated heterocycles. The van der Waals surface area contributed by atoms with Crippen molar-refractivity contribution in [2.75, 3.05) is 13.1 Å². The highest BCUT2D eigenvalue weighted by Gasteiger charge is 2.35. The van der Waals surface area contributed by atoms with E-state index in [0.717, 1.165) is 25.7 Å². The Morgan fingerprint density at radius 2 is 1.77 bits per heavy atom. The van der Waals surface area contributed by atoms with Gasteiger partial charge in [-0.25, -0.2) is 0 Å². The summed E-state index contributed by atoms with van der Waals surface area (Å²) in [6.07, 6.45) is 3.17. The quantitative estimate of drug-likeness (QED) is 0.586. The lowest BCUT2D eigenvalue weighted by atomic mass is 9.70. The van der Waals surface area contributed by atoms with Crippen LogP contribution in [0.25, 0.3) is 0 Å². The molecule has 1 fully saturated rings. The van der Waals surface area contributed by atoms with Crippen molar-refractivity contribution in [1.29, 1.82) is 0 Å². The minimum absolute atomic E-state index is 0.0198. The molecule has 0 bridgehead atoms. The zero-order valence-electron chi connectivity index (χ0n) is 7.83. The number of rotatable bonds is 3. The number of hydrogen-bond acceptors (Lipinski definition) is 3. The summed E-state index contributed by atoms with van der Waals surface area (Å²) in [6, 6.07) is 0. The van der Waals surface area contributed by atoms with E-state index in [4.69, 9.17) is 16.6 Å². The Kier molecular flexibility index (Phi) is 3.27. The smallest absolute Gasteiger partial charge is 0.306 e. The molecule has 5 N–H and O–H groups in total. The van der Waals surface area contributed by atoms with Gasteiger partial charge in [0.2, 0.25) is 0 Å². The number of aliphatic carboxylic acids is 1. The molecule has 1 aliphatic carbocycles. The molecule has 76 valence electrons. The third kappa shape index (κ3) is 2.19. The van der Waals surface area contributed by atoms with Crippen LogP contribution >= 0.6 is 0 Å². The first-order chi connectivity index (χ1) is 6.13. The lowest BCUT2D eigenvalue weighted by Gasteiger charge is -2.37. The Hall–Kier alpha value is -0.610. The van der Waals surface area contributed by atoms with Crippen molar-refractivity contribution in [3.8, 4) is 0 Å². The maximum absolute atomic E-state index is 10.7. The van der Waals surface area contributed by atoms with Gasteiger partial charge >= 0.3 is 5.97 Å². The van der Waals surface area contributed by atoms with E-state index in [0.29, 0.717) is 13.1 Å². The third-order valence-corrected chi connectivity index (χ3v) is 3.26. The van der Waals surface area contributed by atoms with E-state index in [1.807, 2.05) is 0 Å². The number of hydrogen-bond donors (Lipinski definition) is 3. The largest absolute Gasteiger partial charge is 0.481 e. The van der Waals surface area contributed by atoms with Crippen LogP contribution in [0.2, 0.25) is 0 Å². The molecule has 0 amide bonds. The maximum Gasteiger partial charge on any atom is 0.306 e. The van der Waals surface area contributed by atoms with Gasteiger partial charge in [-0.2, -0.15) is 0 Å². The Morgan fingerprint density at radius 1 is 1.31 bits per heavy atom. The zero-order valence-corrected chi connectivity index (χ0v) is 7.83. The predicted molar refractivity (Wildman–Crippen MR) is 50.1 cm³/mol. The minimum atomic E-state index is -0.678. The highest BCUT2D eigenvalue weighted by molar-refractivity contribution is 5.70. The number of carboxylic acids is 1. The lowest BCUT2D eigenvalue weighted by molar-refractivity contribution is -0.143. The molecular formula is C9H18N2O2. The van der Waals surface area contributed by atoms with Crippen LogP contribution in [0.3, 0.4) is 0 Å². The van der Waals surface area contributed by atoms with Crippen LogP contribution in [-0.4, -0.2) is 24.2 Å². The van der Waals surface area contributed by atoms with Gasteiger partial charge in [0, 0.05) is 0 Å². The minimum Gasteiger partial charge on any atom is -0.481 e. The van der Waals surface area contributed by atoms with Gasteiger partial charge in [-0.1, -0.05) is 0 Å². The summed E-state index contributed by atoms with van der Waals surface area (Å²) in [7, 11) is 0. The molecule has 4 heteroatoms. The fraction of sp³-hybridized carbons (Fsp3) is 0.889. The molecule has 4 nitrogen and oxygen atoms in total. The van der Waals surface area contributed by atoms with Crippen LogP contribution in [0.5, 0.6) is 0 Å². The standard InChI is InChI=1S/C9H18N2O2/c10-5-9(6-11)3-1-7(2-4-9)8(12)13/h7H,1-6,10-11H2,(H,12,13). The van der Waals surface area contributed by atoms with Gasteiger partial charge in [0.05, 0.1) is 5.92 Å². The highest BCUT2D eigenvalue weighted by Crippen LogP contribution is 2.37. The molecule has 0 spiro atoms. The second-order valence-electron chi connectivity index (χ2n) is 4.02. The molecule has 0 aromatic heterocycles. The molecule has 0 radical (unpaired) electrons. The first-order valence-electron chi connectivity index (χ1n) is 4.76. The molecule has 0 heterocycles. The molecule has 1 rings (SSSR count). The van der Waals surface area contributed by atoms with Gasteiger partial charge in [-0.15, -0.1) is 0 Å². The summed E-state index contributed by atoms with van der Waals surface area (Å²) in [5.74, 6) is -0.853. The number of carbonyl (C=O) groups is 1. The summed E-state index contributed by atoms with van der Waals surface area (Å²) < 4.78 is 0. The maximum atomic E-state index is 10.7. The van der Waals surface area contributed by atoms with E-state index < -0.39 is 5.97 Å². The molecule has 13 heavy (non-hydrogen) atoms. The molecule has 0 atom stereocenters. The molecular weight excluding hydrogens is 168 g/mol. The summed E-state index contributed by atoms with van der Waals surface area (Å²) in [6.45, 7) is 1.16. The molecule has 1 saturated carbocycles. The van der Waals surface area contributed by atoms with Crippen molar-refractivity contribution in [2.45, 2.75) is 25.7 Å². The van der Waals surface area contributed by atoms with Gasteiger partial charge < -0.3 is 16.6 Å². The molecule has 0 aromatic carbocycles. The van der Waals surface area contributed by atoms with E-state index in [9.17, 15) is 4.79 Å². The summed E-state index contributed by atoms with van der Waals surface area (Å²) in [5, 5.41) is 8.79. The van der Waals surface area contributed by atoms with Crippen LogP contribution in [0.1, 0.15) is 25.7 Å². The van der Waals surface area contributed by atoms with Gasteiger partial charge in [-0.3, -0.25) is 4.79 Å². The normalized spacial score (nSPS) is 22.9. The van der Waals surface area contributed by atoms with Gasteiger partial charge in [0.15, 0.2) is 0 Å².